The number of rotatable bonds is 18. The van der Waals surface area contributed by atoms with Crippen molar-refractivity contribution in [3.05, 3.63) is 144 Å². The maximum absolute atomic E-state index is 6.93. The van der Waals surface area contributed by atoms with Crippen molar-refractivity contribution in [3.8, 4) is 0 Å². The Kier molecular flexibility index (Phi) is 13.7. The zero-order valence-electron chi connectivity index (χ0n) is 26.5. The van der Waals surface area contributed by atoms with Gasteiger partial charge in [-0.1, -0.05) is 154 Å². The van der Waals surface area contributed by atoms with E-state index >= 15 is 0 Å². The number of ether oxygens (including phenoxy) is 5. The third-order valence-electron chi connectivity index (χ3n) is 8.32. The van der Waals surface area contributed by atoms with Crippen molar-refractivity contribution >= 4 is 0 Å². The van der Waals surface area contributed by atoms with E-state index in [0.717, 1.165) is 35.1 Å². The lowest BCUT2D eigenvalue weighted by atomic mass is 9.91. The van der Waals surface area contributed by atoms with Gasteiger partial charge in [0.05, 0.1) is 39.1 Å². The molecule has 4 aromatic carbocycles. The second-order valence-electron chi connectivity index (χ2n) is 11.8. The monoisotopic (exact) mass is 608 g/mol. The largest absolute Gasteiger partial charge is 0.374 e. The fourth-order valence-corrected chi connectivity index (χ4v) is 5.89. The lowest BCUT2D eigenvalue weighted by Gasteiger charge is -2.46. The minimum Gasteiger partial charge on any atom is -0.374 e. The van der Waals surface area contributed by atoms with Crippen molar-refractivity contribution in [3.63, 3.8) is 0 Å². The lowest BCUT2D eigenvalue weighted by molar-refractivity contribution is -0.273. The summed E-state index contributed by atoms with van der Waals surface area (Å²) in [6, 6.07) is 41.2. The van der Waals surface area contributed by atoms with Crippen LogP contribution >= 0.6 is 0 Å². The first-order chi connectivity index (χ1) is 22.3. The van der Waals surface area contributed by atoms with Crippen LogP contribution in [0.4, 0.5) is 0 Å². The van der Waals surface area contributed by atoms with Gasteiger partial charge in [0, 0.05) is 0 Å². The molecule has 0 amide bonds. The molecule has 0 radical (unpaired) electrons. The number of unbranched alkanes of at least 4 members (excludes halogenated alkanes) is 3. The Hall–Kier alpha value is -3.32. The van der Waals surface area contributed by atoms with Gasteiger partial charge in [-0.15, -0.1) is 0 Å². The summed E-state index contributed by atoms with van der Waals surface area (Å²) < 4.78 is 33.6. The summed E-state index contributed by atoms with van der Waals surface area (Å²) in [4.78, 5) is 0. The number of hydrogen-bond donors (Lipinski definition) is 0. The van der Waals surface area contributed by atoms with Gasteiger partial charge in [0.1, 0.15) is 24.4 Å². The van der Waals surface area contributed by atoms with Gasteiger partial charge in [0.15, 0.2) is 0 Å². The molecule has 0 N–H and O–H groups in total. The van der Waals surface area contributed by atoms with Crippen molar-refractivity contribution < 1.29 is 23.7 Å². The third kappa shape index (κ3) is 10.6. The van der Waals surface area contributed by atoms with Crippen molar-refractivity contribution in [2.24, 2.45) is 0 Å². The molecule has 0 spiro atoms. The molecule has 0 unspecified atom stereocenters. The quantitative estimate of drug-likeness (QED) is 0.106. The van der Waals surface area contributed by atoms with E-state index in [4.69, 9.17) is 23.7 Å². The third-order valence-corrected chi connectivity index (χ3v) is 8.32. The Bertz CT molecular complexity index is 1320. The summed E-state index contributed by atoms with van der Waals surface area (Å²) in [6.07, 6.45) is 4.02. The molecule has 0 saturated carbocycles. The molecule has 0 bridgehead atoms. The molecule has 1 aliphatic rings. The van der Waals surface area contributed by atoms with Crippen LogP contribution in [0.25, 0.3) is 0 Å². The summed E-state index contributed by atoms with van der Waals surface area (Å²) in [5.74, 6) is 0. The molecule has 238 valence electrons. The molecule has 5 nitrogen and oxygen atoms in total. The summed E-state index contributed by atoms with van der Waals surface area (Å²) in [6.45, 7) is 4.54. The van der Waals surface area contributed by atoms with Crippen LogP contribution in [0.5, 0.6) is 0 Å². The van der Waals surface area contributed by atoms with E-state index in [9.17, 15) is 0 Å². The lowest BCUT2D eigenvalue weighted by Crippen LogP contribution is -2.61. The highest BCUT2D eigenvalue weighted by Crippen LogP contribution is 2.33. The number of hydrogen-bond acceptors (Lipinski definition) is 5. The fraction of sp³-hybridized carbons (Fsp3) is 0.400. The van der Waals surface area contributed by atoms with Gasteiger partial charge >= 0.3 is 0 Å². The average molecular weight is 609 g/mol. The molecule has 0 aliphatic carbocycles. The van der Waals surface area contributed by atoms with Crippen LogP contribution in [-0.2, 0) is 50.1 Å². The van der Waals surface area contributed by atoms with Crippen LogP contribution in [-0.4, -0.2) is 37.1 Å². The van der Waals surface area contributed by atoms with E-state index in [0.29, 0.717) is 33.0 Å². The topological polar surface area (TPSA) is 46.2 Å². The predicted octanol–water partition coefficient (Wildman–Crippen LogP) is 8.70. The molecular formula is C40H48O5. The Morgan fingerprint density at radius 2 is 0.889 bits per heavy atom. The van der Waals surface area contributed by atoms with E-state index in [2.05, 4.69) is 55.5 Å². The Morgan fingerprint density at radius 1 is 0.467 bits per heavy atom. The van der Waals surface area contributed by atoms with Crippen LogP contribution in [0.3, 0.4) is 0 Å². The molecule has 1 heterocycles. The molecule has 5 heteroatoms. The first-order valence-corrected chi connectivity index (χ1v) is 16.5. The average Bonchev–Trinajstić information content (AvgIpc) is 3.10. The van der Waals surface area contributed by atoms with E-state index < -0.39 is 6.10 Å². The van der Waals surface area contributed by atoms with Crippen LogP contribution in [0, 0.1) is 0 Å². The van der Waals surface area contributed by atoms with Gasteiger partial charge in [0.25, 0.3) is 0 Å². The molecule has 45 heavy (non-hydrogen) atoms. The zero-order chi connectivity index (χ0) is 30.9. The van der Waals surface area contributed by atoms with Gasteiger partial charge in [-0.3, -0.25) is 0 Å². The first-order valence-electron chi connectivity index (χ1n) is 16.5. The van der Waals surface area contributed by atoms with Gasteiger partial charge < -0.3 is 23.7 Å². The molecule has 0 aromatic heterocycles. The first kappa shape index (κ1) is 33.1. The van der Waals surface area contributed by atoms with Crippen molar-refractivity contribution in [1.82, 2.24) is 0 Å². The van der Waals surface area contributed by atoms with Crippen molar-refractivity contribution in [2.45, 2.75) is 96.0 Å². The second kappa shape index (κ2) is 18.6. The maximum Gasteiger partial charge on any atom is 0.115 e. The van der Waals surface area contributed by atoms with E-state index in [1.165, 1.54) is 19.3 Å². The Balaban J connectivity index is 1.41. The molecular weight excluding hydrogens is 560 g/mol. The fourth-order valence-electron chi connectivity index (χ4n) is 5.89. The molecule has 5 rings (SSSR count). The Morgan fingerprint density at radius 3 is 1.36 bits per heavy atom. The van der Waals surface area contributed by atoms with Crippen LogP contribution in [0.2, 0.25) is 0 Å². The normalized spacial score (nSPS) is 21.5. The Labute approximate surface area is 269 Å². The second-order valence-corrected chi connectivity index (χ2v) is 11.8. The van der Waals surface area contributed by atoms with Crippen LogP contribution < -0.4 is 0 Å². The molecule has 1 fully saturated rings. The smallest absolute Gasteiger partial charge is 0.115 e. The summed E-state index contributed by atoms with van der Waals surface area (Å²) >= 11 is 0. The van der Waals surface area contributed by atoms with Gasteiger partial charge in [-0.2, -0.15) is 0 Å². The van der Waals surface area contributed by atoms with Gasteiger partial charge in [-0.05, 0) is 28.7 Å². The SMILES string of the molecule is CCCCCC[C@@H]1O[C@H](COCc2ccccc2)[C@@H](OCc2ccccc2)[C@H](OCc2ccccc2)[C@H]1OCc1ccccc1. The highest BCUT2D eigenvalue weighted by atomic mass is 16.6. The number of benzene rings is 4. The molecule has 1 aliphatic heterocycles. The molecule has 5 atom stereocenters. The zero-order valence-corrected chi connectivity index (χ0v) is 26.5. The maximum atomic E-state index is 6.93. The molecule has 4 aromatic rings. The highest BCUT2D eigenvalue weighted by molar-refractivity contribution is 5.16. The summed E-state index contributed by atoms with van der Waals surface area (Å²) in [7, 11) is 0. The van der Waals surface area contributed by atoms with Crippen molar-refractivity contribution in [1.29, 1.82) is 0 Å². The minimum absolute atomic E-state index is 0.145. The predicted molar refractivity (Wildman–Crippen MR) is 179 cm³/mol. The highest BCUT2D eigenvalue weighted by Gasteiger charge is 2.48. The summed E-state index contributed by atoms with van der Waals surface area (Å²) in [5.41, 5.74) is 4.47. The van der Waals surface area contributed by atoms with E-state index in [1.807, 2.05) is 72.8 Å². The van der Waals surface area contributed by atoms with Crippen LogP contribution in [0.1, 0.15) is 61.3 Å². The van der Waals surface area contributed by atoms with Crippen LogP contribution in [0.15, 0.2) is 121 Å². The standard InChI is InChI=1S/C40H48O5/c1-2-3-4-17-26-36-38(42-28-33-20-11-6-12-21-33)40(44-30-35-24-15-8-16-25-35)39(43-29-34-22-13-7-14-23-34)37(45-36)31-41-27-32-18-9-5-10-19-32/h5-16,18-25,36-40H,2-4,17,26-31H2,1H3/t36-,37+,38-,39+,40+/m0/s1. The summed E-state index contributed by atoms with van der Waals surface area (Å²) in [5, 5.41) is 0. The van der Waals surface area contributed by atoms with E-state index in [-0.39, 0.29) is 24.4 Å². The van der Waals surface area contributed by atoms with E-state index in [1.54, 1.807) is 0 Å². The van der Waals surface area contributed by atoms with Gasteiger partial charge in [0.2, 0.25) is 0 Å². The minimum atomic E-state index is -0.391. The van der Waals surface area contributed by atoms with Crippen molar-refractivity contribution in [2.75, 3.05) is 6.61 Å². The molecule has 1 saturated heterocycles. The van der Waals surface area contributed by atoms with Gasteiger partial charge in [-0.25, -0.2) is 0 Å².